The Bertz CT molecular complexity index is 587. The first-order valence-electron chi connectivity index (χ1n) is 7.08. The maximum atomic E-state index is 12.1. The van der Waals surface area contributed by atoms with Gasteiger partial charge >= 0.3 is 0 Å². The van der Waals surface area contributed by atoms with Gasteiger partial charge in [-0.3, -0.25) is 4.79 Å². The van der Waals surface area contributed by atoms with Crippen LogP contribution in [0.2, 0.25) is 0 Å². The maximum Gasteiger partial charge on any atom is 0.255 e. The quantitative estimate of drug-likeness (QED) is 0.850. The first kappa shape index (κ1) is 14.3. The Morgan fingerprint density at radius 3 is 2.45 bits per heavy atom. The highest BCUT2D eigenvalue weighted by molar-refractivity contribution is 6.04. The van der Waals surface area contributed by atoms with E-state index < -0.39 is 0 Å². The van der Waals surface area contributed by atoms with Gasteiger partial charge in [-0.25, -0.2) is 0 Å². The summed E-state index contributed by atoms with van der Waals surface area (Å²) in [4.78, 5) is 12.1. The van der Waals surface area contributed by atoms with E-state index in [1.807, 2.05) is 43.3 Å². The third-order valence-corrected chi connectivity index (χ3v) is 3.63. The second-order valence-corrected chi connectivity index (χ2v) is 5.25. The van der Waals surface area contributed by atoms with Crippen LogP contribution in [0.3, 0.4) is 0 Å². The summed E-state index contributed by atoms with van der Waals surface area (Å²) in [6, 6.07) is 15.7. The highest BCUT2D eigenvalue weighted by Gasteiger charge is 2.07. The molecule has 2 heteroatoms. The van der Waals surface area contributed by atoms with Crippen molar-refractivity contribution in [1.82, 2.24) is 0 Å². The van der Waals surface area contributed by atoms with E-state index in [0.717, 1.165) is 17.7 Å². The molecule has 0 fully saturated rings. The Balaban J connectivity index is 2.08. The molecule has 0 radical (unpaired) electrons. The monoisotopic (exact) mass is 267 g/mol. The lowest BCUT2D eigenvalue weighted by Crippen LogP contribution is -2.11. The summed E-state index contributed by atoms with van der Waals surface area (Å²) < 4.78 is 0. The number of anilines is 1. The second kappa shape index (κ2) is 6.38. The first-order valence-corrected chi connectivity index (χ1v) is 7.08. The molecule has 104 valence electrons. The van der Waals surface area contributed by atoms with Crippen LogP contribution in [0.1, 0.15) is 47.7 Å². The Labute approximate surface area is 120 Å². The lowest BCUT2D eigenvalue weighted by atomic mass is 9.98. The summed E-state index contributed by atoms with van der Waals surface area (Å²) in [5.41, 5.74) is 3.92. The van der Waals surface area contributed by atoms with Gasteiger partial charge < -0.3 is 5.32 Å². The summed E-state index contributed by atoms with van der Waals surface area (Å²) >= 11 is 0. The Morgan fingerprint density at radius 1 is 1.15 bits per heavy atom. The van der Waals surface area contributed by atoms with E-state index in [-0.39, 0.29) is 5.91 Å². The number of carbonyl (C=O) groups excluding carboxylic acids is 1. The number of aryl methyl sites for hydroxylation is 1. The van der Waals surface area contributed by atoms with Crippen molar-refractivity contribution < 1.29 is 4.79 Å². The van der Waals surface area contributed by atoms with Gasteiger partial charge in [0.1, 0.15) is 0 Å². The van der Waals surface area contributed by atoms with Crippen LogP contribution in [0.5, 0.6) is 0 Å². The summed E-state index contributed by atoms with van der Waals surface area (Å²) in [5, 5.41) is 2.93. The molecule has 1 amide bonds. The summed E-state index contributed by atoms with van der Waals surface area (Å²) in [6.07, 6.45) is 1.12. The molecule has 2 rings (SSSR count). The van der Waals surface area contributed by atoms with Gasteiger partial charge in [-0.2, -0.15) is 0 Å². The Kier molecular flexibility index (Phi) is 4.57. The van der Waals surface area contributed by atoms with Crippen LogP contribution >= 0.6 is 0 Å². The van der Waals surface area contributed by atoms with Gasteiger partial charge in [-0.15, -0.1) is 0 Å². The van der Waals surface area contributed by atoms with E-state index >= 15 is 0 Å². The van der Waals surface area contributed by atoms with E-state index in [0.29, 0.717) is 11.5 Å². The average Bonchev–Trinajstić information content (AvgIpc) is 2.47. The molecule has 0 unspecified atom stereocenters. The lowest BCUT2D eigenvalue weighted by molar-refractivity contribution is 0.102. The van der Waals surface area contributed by atoms with Crippen LogP contribution in [0.15, 0.2) is 48.5 Å². The fraction of sp³-hybridized carbons (Fsp3) is 0.278. The molecule has 0 saturated carbocycles. The fourth-order valence-electron chi connectivity index (χ4n) is 2.12. The molecule has 0 aliphatic heterocycles. The van der Waals surface area contributed by atoms with Crippen LogP contribution in [0.25, 0.3) is 0 Å². The van der Waals surface area contributed by atoms with Crippen molar-refractivity contribution in [2.45, 2.75) is 33.1 Å². The number of amides is 1. The van der Waals surface area contributed by atoms with Gasteiger partial charge in [0.05, 0.1) is 0 Å². The fourth-order valence-corrected chi connectivity index (χ4v) is 2.12. The number of rotatable bonds is 4. The zero-order valence-corrected chi connectivity index (χ0v) is 12.3. The van der Waals surface area contributed by atoms with Crippen molar-refractivity contribution in [2.75, 3.05) is 5.32 Å². The normalized spacial score (nSPS) is 11.9. The summed E-state index contributed by atoms with van der Waals surface area (Å²) in [5.74, 6) is 0.488. The minimum Gasteiger partial charge on any atom is -0.322 e. The molecule has 0 saturated heterocycles. The molecular formula is C18H21NO. The number of hydrogen-bond acceptors (Lipinski definition) is 1. The molecule has 2 aromatic carbocycles. The Morgan fingerprint density at radius 2 is 1.85 bits per heavy atom. The molecule has 0 spiro atoms. The number of carbonyl (C=O) groups is 1. The topological polar surface area (TPSA) is 29.1 Å². The van der Waals surface area contributed by atoms with Crippen molar-refractivity contribution in [3.63, 3.8) is 0 Å². The second-order valence-electron chi connectivity index (χ2n) is 5.25. The van der Waals surface area contributed by atoms with Crippen molar-refractivity contribution in [2.24, 2.45) is 0 Å². The van der Waals surface area contributed by atoms with Crippen LogP contribution in [0, 0.1) is 6.92 Å². The largest absolute Gasteiger partial charge is 0.322 e. The van der Waals surface area contributed by atoms with Gasteiger partial charge in [0.2, 0.25) is 0 Å². The van der Waals surface area contributed by atoms with Crippen molar-refractivity contribution in [1.29, 1.82) is 0 Å². The summed E-state index contributed by atoms with van der Waals surface area (Å²) in [7, 11) is 0. The Hall–Kier alpha value is -2.09. The van der Waals surface area contributed by atoms with Crippen molar-refractivity contribution in [3.05, 3.63) is 65.2 Å². The first-order chi connectivity index (χ1) is 9.60. The zero-order chi connectivity index (χ0) is 14.5. The van der Waals surface area contributed by atoms with E-state index in [4.69, 9.17) is 0 Å². The molecule has 0 aliphatic rings. The van der Waals surface area contributed by atoms with E-state index in [9.17, 15) is 4.79 Å². The molecule has 2 aromatic rings. The minimum atomic E-state index is -0.0648. The van der Waals surface area contributed by atoms with Gasteiger partial charge in [-0.1, -0.05) is 43.7 Å². The smallest absolute Gasteiger partial charge is 0.255 e. The highest BCUT2D eigenvalue weighted by Crippen LogP contribution is 2.20. The van der Waals surface area contributed by atoms with Crippen LogP contribution in [-0.2, 0) is 0 Å². The highest BCUT2D eigenvalue weighted by atomic mass is 16.1. The van der Waals surface area contributed by atoms with Gasteiger partial charge in [0.15, 0.2) is 0 Å². The molecule has 1 N–H and O–H groups in total. The predicted molar refractivity (Wildman–Crippen MR) is 84.3 cm³/mol. The average molecular weight is 267 g/mol. The van der Waals surface area contributed by atoms with Gasteiger partial charge in [-0.05, 0) is 49.1 Å². The van der Waals surface area contributed by atoms with Crippen LogP contribution in [0.4, 0.5) is 5.69 Å². The number of benzene rings is 2. The molecule has 0 bridgehead atoms. The van der Waals surface area contributed by atoms with E-state index in [1.54, 1.807) is 0 Å². The third-order valence-electron chi connectivity index (χ3n) is 3.63. The molecule has 0 aliphatic carbocycles. The standard InChI is InChI=1S/C18H21NO/c1-4-14(3)15-8-10-17(11-9-15)19-18(20)16-7-5-6-13(2)12-16/h5-12,14H,4H2,1-3H3,(H,19,20)/t14-/m0/s1. The molecule has 0 heterocycles. The van der Waals surface area contributed by atoms with E-state index in [2.05, 4.69) is 31.3 Å². The van der Waals surface area contributed by atoms with E-state index in [1.165, 1.54) is 5.56 Å². The van der Waals surface area contributed by atoms with Crippen molar-refractivity contribution in [3.8, 4) is 0 Å². The molecular weight excluding hydrogens is 246 g/mol. The van der Waals surface area contributed by atoms with Crippen LogP contribution in [-0.4, -0.2) is 5.91 Å². The molecule has 20 heavy (non-hydrogen) atoms. The zero-order valence-electron chi connectivity index (χ0n) is 12.3. The predicted octanol–water partition coefficient (Wildman–Crippen LogP) is 4.76. The minimum absolute atomic E-state index is 0.0648. The lowest BCUT2D eigenvalue weighted by Gasteiger charge is -2.10. The number of hydrogen-bond donors (Lipinski definition) is 1. The SMILES string of the molecule is CC[C@H](C)c1ccc(NC(=O)c2cccc(C)c2)cc1. The van der Waals surface area contributed by atoms with Gasteiger partial charge in [0.25, 0.3) is 5.91 Å². The van der Waals surface area contributed by atoms with Crippen LogP contribution < -0.4 is 5.32 Å². The molecule has 1 atom stereocenters. The third kappa shape index (κ3) is 3.47. The number of nitrogens with one attached hydrogen (secondary N) is 1. The van der Waals surface area contributed by atoms with Gasteiger partial charge in [0, 0.05) is 11.3 Å². The summed E-state index contributed by atoms with van der Waals surface area (Å²) in [6.45, 7) is 6.37. The molecule has 0 aromatic heterocycles. The van der Waals surface area contributed by atoms with Crippen molar-refractivity contribution >= 4 is 11.6 Å². The maximum absolute atomic E-state index is 12.1. The molecule has 2 nitrogen and oxygen atoms in total.